The number of rotatable bonds is 8. The molecule has 0 bridgehead atoms. The zero-order valence-corrected chi connectivity index (χ0v) is 18.3. The minimum absolute atomic E-state index is 0.277. The molecule has 0 saturated carbocycles. The Morgan fingerprint density at radius 3 is 2.31 bits per heavy atom. The van der Waals surface area contributed by atoms with Crippen molar-refractivity contribution in [3.63, 3.8) is 0 Å². The Labute approximate surface area is 183 Å². The third kappa shape index (κ3) is 4.47. The summed E-state index contributed by atoms with van der Waals surface area (Å²) in [5, 5.41) is 0.490. The van der Waals surface area contributed by atoms with Crippen molar-refractivity contribution in [2.75, 3.05) is 6.61 Å². The topological polar surface area (TPSA) is 145 Å². The molecule has 3 aromatic rings. The molecule has 0 atom stereocenters. The van der Waals surface area contributed by atoms with Crippen LogP contribution in [-0.2, 0) is 22.7 Å². The summed E-state index contributed by atoms with van der Waals surface area (Å²) in [6.45, 7) is 5.42. The van der Waals surface area contributed by atoms with E-state index < -0.39 is 17.4 Å². The zero-order valence-electron chi connectivity index (χ0n) is 18.3. The molecular formula is C21H26N6O5. The number of hydrogen-bond acceptors (Lipinski definition) is 7. The molecule has 2 amide bonds. The Hall–Kier alpha value is -3.73. The van der Waals surface area contributed by atoms with Gasteiger partial charge in [-0.25, -0.2) is 20.6 Å². The highest BCUT2D eigenvalue weighted by molar-refractivity contribution is 5.94. The molecular weight excluding hydrogens is 416 g/mol. The Bertz CT molecular complexity index is 1250. The molecule has 0 unspecified atom stereocenters. The normalized spacial score (nSPS) is 11.0. The first-order valence-corrected chi connectivity index (χ1v) is 10.3. The fraction of sp³-hybridized carbons (Fsp3) is 0.381. The number of hydrogen-bond donors (Lipinski definition) is 2. The first-order chi connectivity index (χ1) is 15.3. The number of imide groups is 1. The molecule has 0 aliphatic carbocycles. The van der Waals surface area contributed by atoms with Gasteiger partial charge in [0.15, 0.2) is 12.3 Å². The van der Waals surface area contributed by atoms with E-state index in [0.29, 0.717) is 47.3 Å². The Morgan fingerprint density at radius 1 is 1.09 bits per heavy atom. The molecule has 3 N–H and O–H groups in total. The Balaban J connectivity index is 1.91. The smallest absolute Gasteiger partial charge is 0.332 e. The van der Waals surface area contributed by atoms with E-state index >= 15 is 0 Å². The number of carbonyl (C=O) groups is 2. The maximum absolute atomic E-state index is 12.8. The van der Waals surface area contributed by atoms with Crippen molar-refractivity contribution in [1.82, 2.24) is 24.1 Å². The number of nitrogens with zero attached hydrogens (tertiary/aromatic N) is 4. The van der Waals surface area contributed by atoms with Gasteiger partial charge in [0.25, 0.3) is 11.5 Å². The summed E-state index contributed by atoms with van der Waals surface area (Å²) < 4.78 is 8.11. The van der Waals surface area contributed by atoms with Gasteiger partial charge in [-0.2, -0.15) is 0 Å². The fourth-order valence-electron chi connectivity index (χ4n) is 3.25. The molecule has 0 aliphatic rings. The average Bonchev–Trinajstić information content (AvgIpc) is 3.23. The van der Waals surface area contributed by atoms with Gasteiger partial charge in [-0.1, -0.05) is 13.8 Å². The van der Waals surface area contributed by atoms with Gasteiger partial charge in [0.1, 0.15) is 17.1 Å². The standard InChI is InChI=1S/C21H26N6O5/c1-4-10-25-19-17(20(30)26(11-5-2)21(25)31)23-18(24-19)14-6-8-15(9-7-14)32-12-16(29)27(22)13(3)28/h6-9H,4-5,10-12,22H2,1-3H3,(H,23,24). The van der Waals surface area contributed by atoms with Crippen LogP contribution < -0.4 is 21.8 Å². The lowest BCUT2D eigenvalue weighted by atomic mass is 10.2. The van der Waals surface area contributed by atoms with Gasteiger partial charge in [-0.15, -0.1) is 0 Å². The van der Waals surface area contributed by atoms with E-state index in [0.717, 1.165) is 6.42 Å². The maximum Gasteiger partial charge on any atom is 0.332 e. The largest absolute Gasteiger partial charge is 0.484 e. The quantitative estimate of drug-likeness (QED) is 0.301. The van der Waals surface area contributed by atoms with Crippen LogP contribution in [0, 0.1) is 0 Å². The summed E-state index contributed by atoms with van der Waals surface area (Å²) in [5.41, 5.74) is 0.508. The molecule has 32 heavy (non-hydrogen) atoms. The molecule has 3 rings (SSSR count). The Kier molecular flexibility index (Phi) is 6.89. The summed E-state index contributed by atoms with van der Waals surface area (Å²) in [4.78, 5) is 56.0. The van der Waals surface area contributed by atoms with E-state index in [4.69, 9.17) is 10.6 Å². The van der Waals surface area contributed by atoms with Gasteiger partial charge in [-0.3, -0.25) is 23.5 Å². The minimum atomic E-state index is -0.670. The number of benzene rings is 1. The average molecular weight is 442 g/mol. The molecule has 0 spiro atoms. The van der Waals surface area contributed by atoms with E-state index in [1.54, 1.807) is 24.3 Å². The van der Waals surface area contributed by atoms with E-state index in [9.17, 15) is 19.2 Å². The number of nitrogens with two attached hydrogens (primary N) is 1. The van der Waals surface area contributed by atoms with Crippen LogP contribution in [-0.4, -0.2) is 42.5 Å². The van der Waals surface area contributed by atoms with Crippen molar-refractivity contribution in [2.24, 2.45) is 5.84 Å². The van der Waals surface area contributed by atoms with E-state index in [1.807, 2.05) is 13.8 Å². The first-order valence-electron chi connectivity index (χ1n) is 10.3. The van der Waals surface area contributed by atoms with Crippen molar-refractivity contribution in [2.45, 2.75) is 46.7 Å². The van der Waals surface area contributed by atoms with Crippen molar-refractivity contribution in [1.29, 1.82) is 0 Å². The van der Waals surface area contributed by atoms with Crippen LogP contribution in [0.1, 0.15) is 33.6 Å². The number of ether oxygens (including phenoxy) is 1. The third-order valence-electron chi connectivity index (χ3n) is 4.85. The SMILES string of the molecule is CCCn1c(=O)c2[nH]c(-c3ccc(OCC(=O)N(N)C(C)=O)cc3)nc2n(CCC)c1=O. The predicted octanol–water partition coefficient (Wildman–Crippen LogP) is 1.00. The molecule has 11 nitrogen and oxygen atoms in total. The molecule has 11 heteroatoms. The predicted molar refractivity (Wildman–Crippen MR) is 118 cm³/mol. The van der Waals surface area contributed by atoms with Crippen LogP contribution in [0.3, 0.4) is 0 Å². The number of imidazole rings is 1. The van der Waals surface area contributed by atoms with Crippen molar-refractivity contribution in [3.05, 3.63) is 45.1 Å². The monoisotopic (exact) mass is 442 g/mol. The van der Waals surface area contributed by atoms with Crippen LogP contribution in [0.15, 0.2) is 33.9 Å². The maximum atomic E-state index is 12.8. The van der Waals surface area contributed by atoms with Crippen LogP contribution in [0.25, 0.3) is 22.6 Å². The lowest BCUT2D eigenvalue weighted by molar-refractivity contribution is -0.145. The molecule has 2 aromatic heterocycles. The molecule has 170 valence electrons. The highest BCUT2D eigenvalue weighted by atomic mass is 16.5. The summed E-state index contributed by atoms with van der Waals surface area (Å²) in [6, 6.07) is 6.66. The summed E-state index contributed by atoms with van der Waals surface area (Å²) >= 11 is 0. The molecule has 2 heterocycles. The summed E-state index contributed by atoms with van der Waals surface area (Å²) in [5.74, 6) is 4.91. The van der Waals surface area contributed by atoms with Gasteiger partial charge in [0.2, 0.25) is 5.91 Å². The third-order valence-corrected chi connectivity index (χ3v) is 4.85. The van der Waals surface area contributed by atoms with Gasteiger partial charge in [0, 0.05) is 25.6 Å². The van der Waals surface area contributed by atoms with Gasteiger partial charge >= 0.3 is 5.69 Å². The van der Waals surface area contributed by atoms with Crippen LogP contribution in [0.4, 0.5) is 0 Å². The second-order valence-electron chi connectivity index (χ2n) is 7.27. The van der Waals surface area contributed by atoms with Gasteiger partial charge < -0.3 is 9.72 Å². The number of aromatic nitrogens is 4. The highest BCUT2D eigenvalue weighted by Crippen LogP contribution is 2.22. The van der Waals surface area contributed by atoms with Crippen LogP contribution in [0.2, 0.25) is 0 Å². The lowest BCUT2D eigenvalue weighted by Gasteiger charge is -2.12. The van der Waals surface area contributed by atoms with Crippen molar-refractivity contribution in [3.8, 4) is 17.1 Å². The molecule has 0 saturated heterocycles. The number of aryl methyl sites for hydroxylation is 1. The minimum Gasteiger partial charge on any atom is -0.484 e. The van der Waals surface area contributed by atoms with Crippen LogP contribution in [0.5, 0.6) is 5.75 Å². The second-order valence-corrected chi connectivity index (χ2v) is 7.27. The number of nitrogens with one attached hydrogen (secondary N) is 1. The van der Waals surface area contributed by atoms with E-state index in [2.05, 4.69) is 9.97 Å². The number of hydrazine groups is 1. The lowest BCUT2D eigenvalue weighted by Crippen LogP contribution is -2.43. The molecule has 1 aromatic carbocycles. The second kappa shape index (κ2) is 9.60. The number of amides is 2. The fourth-order valence-corrected chi connectivity index (χ4v) is 3.25. The summed E-state index contributed by atoms with van der Waals surface area (Å²) in [7, 11) is 0. The van der Waals surface area contributed by atoms with Crippen molar-refractivity contribution >= 4 is 23.0 Å². The van der Waals surface area contributed by atoms with Crippen LogP contribution >= 0.6 is 0 Å². The zero-order chi connectivity index (χ0) is 23.4. The summed E-state index contributed by atoms with van der Waals surface area (Å²) in [6.07, 6.45) is 1.38. The van der Waals surface area contributed by atoms with Crippen molar-refractivity contribution < 1.29 is 14.3 Å². The number of H-pyrrole nitrogens is 1. The highest BCUT2D eigenvalue weighted by Gasteiger charge is 2.18. The molecule has 0 aliphatic heterocycles. The Morgan fingerprint density at radius 2 is 1.72 bits per heavy atom. The van der Waals surface area contributed by atoms with Gasteiger partial charge in [-0.05, 0) is 37.1 Å². The molecule has 0 radical (unpaired) electrons. The van der Waals surface area contributed by atoms with E-state index in [1.165, 1.54) is 16.1 Å². The number of carbonyl (C=O) groups excluding carboxylic acids is 2. The van der Waals surface area contributed by atoms with Gasteiger partial charge in [0.05, 0.1) is 0 Å². The molecule has 0 fully saturated rings. The van der Waals surface area contributed by atoms with E-state index in [-0.39, 0.29) is 17.8 Å². The number of aromatic amines is 1. The number of fused-ring (bicyclic) bond motifs is 1. The first kappa shape index (κ1) is 22.9.